The fourth-order valence-corrected chi connectivity index (χ4v) is 2.29. The van der Waals surface area contributed by atoms with E-state index < -0.39 is 11.9 Å². The molecule has 0 aliphatic carbocycles. The highest BCUT2D eigenvalue weighted by molar-refractivity contribution is 9.10. The number of carbonyl (C=O) groups excluding carboxylic acids is 2. The van der Waals surface area contributed by atoms with Crippen LogP contribution in [0.15, 0.2) is 22.7 Å². The Hall–Kier alpha value is -1.43. The van der Waals surface area contributed by atoms with Gasteiger partial charge in [-0.05, 0) is 41.1 Å². The molecule has 1 N–H and O–H groups in total. The van der Waals surface area contributed by atoms with Gasteiger partial charge in [0.05, 0.1) is 12.2 Å². The minimum Gasteiger partial charge on any atom is -0.345 e. The van der Waals surface area contributed by atoms with E-state index in [-0.39, 0.29) is 18.4 Å². The Morgan fingerprint density at radius 1 is 1.47 bits per heavy atom. The zero-order valence-electron chi connectivity index (χ0n) is 9.04. The lowest BCUT2D eigenvalue weighted by atomic mass is 10.1. The first kappa shape index (κ1) is 12.0. The molecule has 1 aromatic rings. The molecule has 0 radical (unpaired) electrons. The molecule has 2 amide bonds. The molecule has 0 aromatic heterocycles. The molecule has 6 heteroatoms. The summed E-state index contributed by atoms with van der Waals surface area (Å²) in [6.45, 7) is 1.59. The van der Waals surface area contributed by atoms with Crippen LogP contribution in [0.3, 0.4) is 0 Å². The number of halogens is 2. The molecular formula is C11H10BrFN2O2. The van der Waals surface area contributed by atoms with E-state index in [0.29, 0.717) is 10.2 Å². The molecule has 0 saturated carbocycles. The Morgan fingerprint density at radius 3 is 2.82 bits per heavy atom. The molecule has 0 bridgehead atoms. The summed E-state index contributed by atoms with van der Waals surface area (Å²) < 4.78 is 13.4. The molecule has 1 aromatic carbocycles. The lowest BCUT2D eigenvalue weighted by Crippen LogP contribution is -2.57. The minimum absolute atomic E-state index is 0.0347. The van der Waals surface area contributed by atoms with E-state index >= 15 is 0 Å². The molecule has 1 aliphatic rings. The Morgan fingerprint density at radius 2 is 2.18 bits per heavy atom. The number of nitrogens with one attached hydrogen (secondary N) is 1. The summed E-state index contributed by atoms with van der Waals surface area (Å²) in [4.78, 5) is 24.7. The molecule has 1 unspecified atom stereocenters. The number of anilines is 1. The number of benzene rings is 1. The van der Waals surface area contributed by atoms with E-state index in [1.165, 1.54) is 23.1 Å². The van der Waals surface area contributed by atoms with Gasteiger partial charge in [-0.1, -0.05) is 0 Å². The normalized spacial score (nSPS) is 20.4. The number of rotatable bonds is 1. The molecule has 4 nitrogen and oxygen atoms in total. The quantitative estimate of drug-likeness (QED) is 0.853. The molecule has 1 atom stereocenters. The van der Waals surface area contributed by atoms with Gasteiger partial charge in [0, 0.05) is 4.47 Å². The Kier molecular flexibility index (Phi) is 3.15. The standard InChI is InChI=1S/C11H10BrFN2O2/c1-6-11(17)14-5-10(16)15(6)9-3-2-7(13)4-8(9)12/h2-4,6H,5H2,1H3,(H,14,17). The summed E-state index contributed by atoms with van der Waals surface area (Å²) in [5.41, 5.74) is 0.499. The lowest BCUT2D eigenvalue weighted by Gasteiger charge is -2.33. The maximum absolute atomic E-state index is 13.0. The summed E-state index contributed by atoms with van der Waals surface area (Å²) in [7, 11) is 0. The first-order valence-electron chi connectivity index (χ1n) is 5.05. The Labute approximate surface area is 106 Å². The highest BCUT2D eigenvalue weighted by Crippen LogP contribution is 2.29. The molecule has 1 saturated heterocycles. The number of hydrogen-bond donors (Lipinski definition) is 1. The Bertz CT molecular complexity index is 492. The fourth-order valence-electron chi connectivity index (χ4n) is 1.75. The van der Waals surface area contributed by atoms with Gasteiger partial charge < -0.3 is 5.32 Å². The predicted octanol–water partition coefficient (Wildman–Crippen LogP) is 1.44. The van der Waals surface area contributed by atoms with Crippen molar-refractivity contribution < 1.29 is 14.0 Å². The zero-order valence-corrected chi connectivity index (χ0v) is 10.6. The van der Waals surface area contributed by atoms with Crippen molar-refractivity contribution in [1.82, 2.24) is 5.32 Å². The summed E-state index contributed by atoms with van der Waals surface area (Å²) in [5, 5.41) is 2.49. The third-order valence-electron chi connectivity index (χ3n) is 2.62. The summed E-state index contributed by atoms with van der Waals surface area (Å²) in [6, 6.07) is 3.40. The molecule has 90 valence electrons. The van der Waals surface area contributed by atoms with Crippen LogP contribution in [0.5, 0.6) is 0 Å². The molecule has 0 spiro atoms. The first-order valence-corrected chi connectivity index (χ1v) is 5.85. The van der Waals surface area contributed by atoms with Crippen LogP contribution in [0.4, 0.5) is 10.1 Å². The van der Waals surface area contributed by atoms with E-state index in [1.54, 1.807) is 6.92 Å². The lowest BCUT2D eigenvalue weighted by molar-refractivity contribution is -0.130. The maximum Gasteiger partial charge on any atom is 0.247 e. The molecule has 1 aliphatic heterocycles. The second kappa shape index (κ2) is 4.44. The van der Waals surface area contributed by atoms with Crippen molar-refractivity contribution >= 4 is 33.4 Å². The van der Waals surface area contributed by atoms with Crippen molar-refractivity contribution in [2.75, 3.05) is 11.4 Å². The van der Waals surface area contributed by atoms with Crippen LogP contribution in [0.25, 0.3) is 0 Å². The monoisotopic (exact) mass is 300 g/mol. The van der Waals surface area contributed by atoms with Crippen molar-refractivity contribution in [2.24, 2.45) is 0 Å². The topological polar surface area (TPSA) is 49.4 Å². The van der Waals surface area contributed by atoms with E-state index in [9.17, 15) is 14.0 Å². The average molecular weight is 301 g/mol. The zero-order chi connectivity index (χ0) is 12.6. The smallest absolute Gasteiger partial charge is 0.247 e. The van der Waals surface area contributed by atoms with Gasteiger partial charge in [0.15, 0.2) is 0 Å². The number of hydrogen-bond acceptors (Lipinski definition) is 2. The SMILES string of the molecule is CC1C(=O)NCC(=O)N1c1ccc(F)cc1Br. The van der Waals surface area contributed by atoms with Crippen molar-refractivity contribution in [3.8, 4) is 0 Å². The maximum atomic E-state index is 13.0. The van der Waals surface area contributed by atoms with Gasteiger partial charge in [0.2, 0.25) is 11.8 Å². The van der Waals surface area contributed by atoms with Crippen molar-refractivity contribution in [1.29, 1.82) is 0 Å². The fraction of sp³-hybridized carbons (Fsp3) is 0.273. The van der Waals surface area contributed by atoms with Gasteiger partial charge in [-0.3, -0.25) is 14.5 Å². The molecule has 2 rings (SSSR count). The van der Waals surface area contributed by atoms with Gasteiger partial charge in [-0.15, -0.1) is 0 Å². The highest BCUT2D eigenvalue weighted by Gasteiger charge is 2.33. The molecule has 17 heavy (non-hydrogen) atoms. The van der Waals surface area contributed by atoms with Crippen molar-refractivity contribution in [2.45, 2.75) is 13.0 Å². The molecule has 1 fully saturated rings. The van der Waals surface area contributed by atoms with Gasteiger partial charge in [0.25, 0.3) is 0 Å². The molecule has 1 heterocycles. The summed E-state index contributed by atoms with van der Waals surface area (Å²) >= 11 is 3.19. The van der Waals surface area contributed by atoms with Crippen molar-refractivity contribution in [3.05, 3.63) is 28.5 Å². The van der Waals surface area contributed by atoms with E-state index in [0.717, 1.165) is 0 Å². The largest absolute Gasteiger partial charge is 0.345 e. The highest BCUT2D eigenvalue weighted by atomic mass is 79.9. The first-order chi connectivity index (χ1) is 8.00. The third-order valence-corrected chi connectivity index (χ3v) is 3.25. The third kappa shape index (κ3) is 2.17. The number of piperazine rings is 1. The predicted molar refractivity (Wildman–Crippen MR) is 64.1 cm³/mol. The van der Waals surface area contributed by atoms with Gasteiger partial charge in [-0.25, -0.2) is 4.39 Å². The average Bonchev–Trinajstić information content (AvgIpc) is 2.27. The van der Waals surface area contributed by atoms with Crippen LogP contribution in [-0.2, 0) is 9.59 Å². The minimum atomic E-state index is -0.599. The summed E-state index contributed by atoms with van der Waals surface area (Å²) in [5.74, 6) is -0.840. The second-order valence-corrected chi connectivity index (χ2v) is 4.61. The van der Waals surface area contributed by atoms with E-state index in [2.05, 4.69) is 21.2 Å². The van der Waals surface area contributed by atoms with Gasteiger partial charge in [-0.2, -0.15) is 0 Å². The van der Waals surface area contributed by atoms with Crippen LogP contribution in [0, 0.1) is 5.82 Å². The van der Waals surface area contributed by atoms with E-state index in [1.807, 2.05) is 0 Å². The Balaban J connectivity index is 2.43. The number of carbonyl (C=O) groups is 2. The van der Waals surface area contributed by atoms with Gasteiger partial charge >= 0.3 is 0 Å². The van der Waals surface area contributed by atoms with Crippen LogP contribution in [0.1, 0.15) is 6.92 Å². The number of amides is 2. The van der Waals surface area contributed by atoms with E-state index in [4.69, 9.17) is 0 Å². The molecular weight excluding hydrogens is 291 g/mol. The van der Waals surface area contributed by atoms with Crippen LogP contribution in [0.2, 0.25) is 0 Å². The van der Waals surface area contributed by atoms with Crippen LogP contribution in [-0.4, -0.2) is 24.4 Å². The van der Waals surface area contributed by atoms with Crippen LogP contribution < -0.4 is 10.2 Å². The second-order valence-electron chi connectivity index (χ2n) is 3.75. The summed E-state index contributed by atoms with van der Waals surface area (Å²) in [6.07, 6.45) is 0. The number of nitrogens with zero attached hydrogens (tertiary/aromatic N) is 1. The van der Waals surface area contributed by atoms with Gasteiger partial charge in [0.1, 0.15) is 11.9 Å². The van der Waals surface area contributed by atoms with Crippen molar-refractivity contribution in [3.63, 3.8) is 0 Å². The van der Waals surface area contributed by atoms with Crippen LogP contribution >= 0.6 is 15.9 Å².